The fourth-order valence-corrected chi connectivity index (χ4v) is 9.28. The lowest BCUT2D eigenvalue weighted by Gasteiger charge is -2.26. The second kappa shape index (κ2) is 16.4. The van der Waals surface area contributed by atoms with Crippen LogP contribution in [0.25, 0.3) is 66.1 Å². The summed E-state index contributed by atoms with van der Waals surface area (Å²) in [5.74, 6) is 0. The summed E-state index contributed by atoms with van der Waals surface area (Å²) in [6.45, 7) is 8.24. The summed E-state index contributed by atoms with van der Waals surface area (Å²) in [7, 11) is 0. The van der Waals surface area contributed by atoms with Gasteiger partial charge >= 0.3 is 0 Å². The minimum Gasteiger partial charge on any atom is -0.311 e. The standard InChI is InChI=1S/C60H44N4/c1-3-4-18-43(2)61(46-19-8-5-9-20-46)49-31-35-51(36-32-49)63-57-27-16-14-25-53(57)55-41-44(29-39-59(55)63)45-30-40-60-56(42-45)54-26-15-17-28-58(54)64(60)52-37-33-50(34-38-52)62(47-21-10-6-11-22-47)48-23-12-7-13-24-48/h3-42H,1-2H2/b18-4-. The highest BCUT2D eigenvalue weighted by Gasteiger charge is 2.18. The van der Waals surface area contributed by atoms with Crippen LogP contribution in [-0.2, 0) is 0 Å². The maximum Gasteiger partial charge on any atom is 0.0541 e. The number of nitrogens with zero attached hydrogens (tertiary/aromatic N) is 4. The van der Waals surface area contributed by atoms with Gasteiger partial charge in [0.15, 0.2) is 0 Å². The van der Waals surface area contributed by atoms with Gasteiger partial charge in [-0.25, -0.2) is 0 Å². The van der Waals surface area contributed by atoms with Crippen molar-refractivity contribution in [3.63, 3.8) is 0 Å². The smallest absolute Gasteiger partial charge is 0.0541 e. The second-order valence-corrected chi connectivity index (χ2v) is 16.0. The van der Waals surface area contributed by atoms with Crippen LogP contribution in [0.3, 0.4) is 0 Å². The second-order valence-electron chi connectivity index (χ2n) is 16.0. The molecule has 0 amide bonds. The van der Waals surface area contributed by atoms with Crippen LogP contribution in [0.4, 0.5) is 28.4 Å². The maximum absolute atomic E-state index is 4.39. The number of anilines is 5. The topological polar surface area (TPSA) is 16.3 Å². The number of para-hydroxylation sites is 5. The van der Waals surface area contributed by atoms with E-state index in [9.17, 15) is 0 Å². The molecule has 11 aromatic rings. The molecule has 0 saturated heterocycles. The predicted octanol–water partition coefficient (Wildman–Crippen LogP) is 16.4. The molecular weight excluding hydrogens is 777 g/mol. The summed E-state index contributed by atoms with van der Waals surface area (Å²) in [5.41, 5.74) is 15.5. The molecule has 0 fully saturated rings. The molecule has 11 rings (SSSR count). The molecule has 2 heterocycles. The van der Waals surface area contributed by atoms with Gasteiger partial charge in [0.1, 0.15) is 0 Å². The molecule has 0 spiro atoms. The molecule has 4 nitrogen and oxygen atoms in total. The molecule has 4 heteroatoms. The monoisotopic (exact) mass is 820 g/mol. The minimum absolute atomic E-state index is 0.856. The Morgan fingerprint density at radius 3 is 1.22 bits per heavy atom. The number of rotatable bonds is 11. The fraction of sp³-hybridized carbons (Fsp3) is 0. The van der Waals surface area contributed by atoms with Crippen molar-refractivity contribution in [1.82, 2.24) is 9.13 Å². The van der Waals surface area contributed by atoms with Gasteiger partial charge < -0.3 is 18.9 Å². The number of benzene rings is 9. The SMILES string of the molecule is C=C/C=C\C(=C)N(c1ccccc1)c1ccc(-n2c3ccccc3c3cc(-c4ccc5c(c4)c4ccccc4n5-c4ccc(N(c5ccccc5)c5ccccc5)cc4)ccc32)cc1. The van der Waals surface area contributed by atoms with E-state index >= 15 is 0 Å². The van der Waals surface area contributed by atoms with Crippen LogP contribution in [-0.4, -0.2) is 9.13 Å². The summed E-state index contributed by atoms with van der Waals surface area (Å²) < 4.78 is 4.77. The first-order valence-electron chi connectivity index (χ1n) is 21.7. The van der Waals surface area contributed by atoms with Crippen molar-refractivity contribution in [3.05, 3.63) is 262 Å². The number of hydrogen-bond donors (Lipinski definition) is 0. The largest absolute Gasteiger partial charge is 0.311 e. The molecule has 0 unspecified atom stereocenters. The first kappa shape index (κ1) is 38.3. The average Bonchev–Trinajstić information content (AvgIpc) is 3.87. The molecule has 0 saturated carbocycles. The van der Waals surface area contributed by atoms with Crippen LogP contribution in [0, 0.1) is 0 Å². The maximum atomic E-state index is 4.39. The van der Waals surface area contributed by atoms with Crippen molar-refractivity contribution >= 4 is 72.0 Å². The van der Waals surface area contributed by atoms with Gasteiger partial charge in [0, 0.05) is 67.1 Å². The molecule has 64 heavy (non-hydrogen) atoms. The molecule has 0 radical (unpaired) electrons. The molecular formula is C60H44N4. The van der Waals surface area contributed by atoms with E-state index in [4.69, 9.17) is 0 Å². The van der Waals surface area contributed by atoms with Crippen molar-refractivity contribution in [2.24, 2.45) is 0 Å². The number of hydrogen-bond acceptors (Lipinski definition) is 2. The van der Waals surface area contributed by atoms with Gasteiger partial charge in [-0.1, -0.05) is 128 Å². The normalized spacial score (nSPS) is 11.5. The Morgan fingerprint density at radius 1 is 0.375 bits per heavy atom. The van der Waals surface area contributed by atoms with E-state index in [2.05, 4.69) is 250 Å². The van der Waals surface area contributed by atoms with Crippen LogP contribution < -0.4 is 9.80 Å². The molecule has 0 atom stereocenters. The predicted molar refractivity (Wildman–Crippen MR) is 272 cm³/mol. The van der Waals surface area contributed by atoms with Crippen LogP contribution in [0.1, 0.15) is 0 Å². The minimum atomic E-state index is 0.856. The molecule has 0 bridgehead atoms. The lowest BCUT2D eigenvalue weighted by molar-refractivity contribution is 1.16. The van der Waals surface area contributed by atoms with Gasteiger partial charge in [0.25, 0.3) is 0 Å². The third-order valence-corrected chi connectivity index (χ3v) is 12.2. The lowest BCUT2D eigenvalue weighted by atomic mass is 10.0. The highest BCUT2D eigenvalue weighted by Crippen LogP contribution is 2.40. The Bertz CT molecular complexity index is 3470. The van der Waals surface area contributed by atoms with E-state index in [1.165, 1.54) is 49.2 Å². The summed E-state index contributed by atoms with van der Waals surface area (Å²) in [4.78, 5) is 4.47. The Balaban J connectivity index is 0.968. The lowest BCUT2D eigenvalue weighted by Crippen LogP contribution is -2.14. The summed E-state index contributed by atoms with van der Waals surface area (Å²) in [6, 6.07) is 80.4. The van der Waals surface area contributed by atoms with E-state index in [-0.39, 0.29) is 0 Å². The molecule has 9 aromatic carbocycles. The fourth-order valence-electron chi connectivity index (χ4n) is 9.28. The number of fused-ring (bicyclic) bond motifs is 6. The van der Waals surface area contributed by atoms with E-state index in [1.807, 2.05) is 18.2 Å². The van der Waals surface area contributed by atoms with Crippen molar-refractivity contribution in [1.29, 1.82) is 0 Å². The third-order valence-electron chi connectivity index (χ3n) is 12.2. The van der Waals surface area contributed by atoms with Crippen LogP contribution in [0.15, 0.2) is 262 Å². The summed E-state index contributed by atoms with van der Waals surface area (Å²) in [6.07, 6.45) is 5.68. The molecule has 0 N–H and O–H groups in total. The van der Waals surface area contributed by atoms with Gasteiger partial charge in [-0.05, 0) is 139 Å². The van der Waals surface area contributed by atoms with Crippen molar-refractivity contribution in [3.8, 4) is 22.5 Å². The Morgan fingerprint density at radius 2 is 0.750 bits per heavy atom. The Hall–Kier alpha value is -8.60. The highest BCUT2D eigenvalue weighted by atomic mass is 15.1. The van der Waals surface area contributed by atoms with Crippen LogP contribution >= 0.6 is 0 Å². The van der Waals surface area contributed by atoms with Gasteiger partial charge in [0.2, 0.25) is 0 Å². The van der Waals surface area contributed by atoms with Gasteiger partial charge in [0.05, 0.1) is 22.1 Å². The third kappa shape index (κ3) is 6.75. The van der Waals surface area contributed by atoms with Crippen LogP contribution in [0.2, 0.25) is 0 Å². The Labute approximate surface area is 373 Å². The van der Waals surface area contributed by atoms with E-state index < -0.39 is 0 Å². The summed E-state index contributed by atoms with van der Waals surface area (Å²) >= 11 is 0. The highest BCUT2D eigenvalue weighted by molar-refractivity contribution is 6.12. The first-order chi connectivity index (χ1) is 31.6. The molecule has 304 valence electrons. The molecule has 2 aromatic heterocycles. The first-order valence-corrected chi connectivity index (χ1v) is 21.7. The quantitative estimate of drug-likeness (QED) is 0.121. The van der Waals surface area contributed by atoms with Crippen molar-refractivity contribution < 1.29 is 0 Å². The van der Waals surface area contributed by atoms with Crippen molar-refractivity contribution in [2.45, 2.75) is 0 Å². The number of aromatic nitrogens is 2. The average molecular weight is 821 g/mol. The molecule has 0 aliphatic heterocycles. The van der Waals surface area contributed by atoms with Gasteiger partial charge in [-0.2, -0.15) is 0 Å². The van der Waals surface area contributed by atoms with Gasteiger partial charge in [-0.3, -0.25) is 0 Å². The Kier molecular flexibility index (Phi) is 9.79. The van der Waals surface area contributed by atoms with Gasteiger partial charge in [-0.15, -0.1) is 0 Å². The number of allylic oxidation sites excluding steroid dienone is 3. The molecule has 0 aliphatic rings. The molecule has 0 aliphatic carbocycles. The van der Waals surface area contributed by atoms with E-state index in [0.717, 1.165) is 51.0 Å². The zero-order chi connectivity index (χ0) is 43.0. The zero-order valence-corrected chi connectivity index (χ0v) is 35.3. The van der Waals surface area contributed by atoms with Crippen molar-refractivity contribution in [2.75, 3.05) is 9.80 Å². The van der Waals surface area contributed by atoms with E-state index in [1.54, 1.807) is 6.08 Å². The zero-order valence-electron chi connectivity index (χ0n) is 35.3. The van der Waals surface area contributed by atoms with Crippen LogP contribution in [0.5, 0.6) is 0 Å². The summed E-state index contributed by atoms with van der Waals surface area (Å²) in [5, 5.41) is 4.89. The van der Waals surface area contributed by atoms with E-state index in [0.29, 0.717) is 0 Å².